The topological polar surface area (TPSA) is 63.2 Å². The minimum atomic E-state index is 0.548. The van der Waals surface area contributed by atoms with Gasteiger partial charge in [-0.2, -0.15) is 10.1 Å². The number of piperidine rings is 1. The molecule has 6 nitrogen and oxygen atoms in total. The molecule has 0 bridgehead atoms. The van der Waals surface area contributed by atoms with E-state index in [1.165, 1.54) is 12.8 Å². The van der Waals surface area contributed by atoms with Gasteiger partial charge in [-0.3, -0.25) is 0 Å². The molecule has 0 saturated carbocycles. The van der Waals surface area contributed by atoms with Crippen molar-refractivity contribution < 1.29 is 4.74 Å². The van der Waals surface area contributed by atoms with Crippen molar-refractivity contribution in [2.75, 3.05) is 30.4 Å². The van der Waals surface area contributed by atoms with Gasteiger partial charge in [0.1, 0.15) is 5.75 Å². The Labute approximate surface area is 136 Å². The van der Waals surface area contributed by atoms with Crippen LogP contribution in [-0.2, 0) is 6.54 Å². The largest absolute Gasteiger partial charge is 0.496 e. The molecular weight excluding hydrogens is 290 g/mol. The highest BCUT2D eigenvalue weighted by Crippen LogP contribution is 2.22. The first-order chi connectivity index (χ1) is 11.3. The van der Waals surface area contributed by atoms with E-state index in [0.717, 1.165) is 30.2 Å². The van der Waals surface area contributed by atoms with Gasteiger partial charge in [0.05, 0.1) is 13.3 Å². The van der Waals surface area contributed by atoms with Gasteiger partial charge < -0.3 is 15.0 Å². The molecule has 1 saturated heterocycles. The summed E-state index contributed by atoms with van der Waals surface area (Å²) in [6.07, 6.45) is 4.23. The van der Waals surface area contributed by atoms with Crippen LogP contribution >= 0.6 is 0 Å². The summed E-state index contributed by atoms with van der Waals surface area (Å²) in [4.78, 5) is 6.89. The zero-order valence-electron chi connectivity index (χ0n) is 13.7. The van der Waals surface area contributed by atoms with Crippen LogP contribution in [0.1, 0.15) is 25.3 Å². The average Bonchev–Trinajstić information content (AvgIpc) is 2.60. The summed E-state index contributed by atoms with van der Waals surface area (Å²) in [5, 5.41) is 11.4. The van der Waals surface area contributed by atoms with Gasteiger partial charge in [-0.25, -0.2) is 0 Å². The number of hydrogen-bond acceptors (Lipinski definition) is 6. The number of ether oxygens (including phenoxy) is 1. The zero-order chi connectivity index (χ0) is 16.1. The van der Waals surface area contributed by atoms with E-state index in [-0.39, 0.29) is 0 Å². The second-order valence-electron chi connectivity index (χ2n) is 6.00. The maximum absolute atomic E-state index is 5.36. The number of methoxy groups -OCH3 is 1. The maximum Gasteiger partial charge on any atom is 0.244 e. The van der Waals surface area contributed by atoms with Crippen LogP contribution in [0.5, 0.6) is 5.75 Å². The molecule has 1 aliphatic heterocycles. The lowest BCUT2D eigenvalue weighted by molar-refractivity contribution is 0.410. The van der Waals surface area contributed by atoms with Crippen molar-refractivity contribution in [1.29, 1.82) is 0 Å². The summed E-state index contributed by atoms with van der Waals surface area (Å²) in [6, 6.07) is 7.92. The molecule has 0 radical (unpaired) electrons. The van der Waals surface area contributed by atoms with Gasteiger partial charge in [0, 0.05) is 25.2 Å². The van der Waals surface area contributed by atoms with E-state index in [9.17, 15) is 0 Å². The predicted octanol–water partition coefficient (Wildman–Crippen LogP) is 2.73. The number of benzene rings is 1. The van der Waals surface area contributed by atoms with Gasteiger partial charge in [0.25, 0.3) is 0 Å². The van der Waals surface area contributed by atoms with Gasteiger partial charge in [0.2, 0.25) is 5.95 Å². The quantitative estimate of drug-likeness (QED) is 0.916. The van der Waals surface area contributed by atoms with Crippen LogP contribution in [0.25, 0.3) is 0 Å². The highest BCUT2D eigenvalue weighted by Gasteiger charge is 2.18. The molecule has 1 atom stereocenters. The minimum Gasteiger partial charge on any atom is -0.496 e. The van der Waals surface area contributed by atoms with E-state index in [2.05, 4.69) is 32.3 Å². The Bertz CT molecular complexity index is 648. The maximum atomic E-state index is 5.36. The minimum absolute atomic E-state index is 0.548. The Hall–Kier alpha value is -2.37. The van der Waals surface area contributed by atoms with Crippen LogP contribution in [0, 0.1) is 5.92 Å². The van der Waals surface area contributed by atoms with Crippen LogP contribution in [0.15, 0.2) is 30.5 Å². The molecule has 0 spiro atoms. The third-order valence-electron chi connectivity index (χ3n) is 4.16. The molecule has 1 aliphatic rings. The fraction of sp³-hybridized carbons (Fsp3) is 0.471. The summed E-state index contributed by atoms with van der Waals surface area (Å²) < 4.78 is 5.36. The molecule has 6 heteroatoms. The van der Waals surface area contributed by atoms with Crippen LogP contribution in [0.2, 0.25) is 0 Å². The fourth-order valence-corrected chi connectivity index (χ4v) is 2.94. The van der Waals surface area contributed by atoms with Gasteiger partial charge in [-0.15, -0.1) is 5.10 Å². The predicted molar refractivity (Wildman–Crippen MR) is 90.8 cm³/mol. The van der Waals surface area contributed by atoms with Crippen molar-refractivity contribution >= 4 is 11.8 Å². The summed E-state index contributed by atoms with van der Waals surface area (Å²) in [5.41, 5.74) is 1.07. The van der Waals surface area contributed by atoms with Crippen molar-refractivity contribution in [2.24, 2.45) is 5.92 Å². The monoisotopic (exact) mass is 313 g/mol. The molecule has 3 rings (SSSR count). The lowest BCUT2D eigenvalue weighted by Crippen LogP contribution is -2.35. The number of hydrogen-bond donors (Lipinski definition) is 1. The average molecular weight is 313 g/mol. The van der Waals surface area contributed by atoms with E-state index in [0.29, 0.717) is 18.4 Å². The van der Waals surface area contributed by atoms with Crippen molar-refractivity contribution in [2.45, 2.75) is 26.3 Å². The molecule has 1 aromatic carbocycles. The molecular formula is C17H23N5O. The third-order valence-corrected chi connectivity index (χ3v) is 4.16. The first-order valence-corrected chi connectivity index (χ1v) is 8.06. The van der Waals surface area contributed by atoms with Crippen molar-refractivity contribution in [3.8, 4) is 5.75 Å². The third kappa shape index (κ3) is 3.88. The smallest absolute Gasteiger partial charge is 0.244 e. The van der Waals surface area contributed by atoms with Gasteiger partial charge >= 0.3 is 0 Å². The van der Waals surface area contributed by atoms with Crippen LogP contribution in [0.3, 0.4) is 0 Å². The van der Waals surface area contributed by atoms with E-state index in [4.69, 9.17) is 4.74 Å². The summed E-state index contributed by atoms with van der Waals surface area (Å²) in [5.74, 6) is 3.00. The highest BCUT2D eigenvalue weighted by atomic mass is 16.5. The van der Waals surface area contributed by atoms with E-state index in [1.54, 1.807) is 13.3 Å². The molecule has 122 valence electrons. The molecule has 23 heavy (non-hydrogen) atoms. The summed E-state index contributed by atoms with van der Waals surface area (Å²) >= 11 is 0. The Morgan fingerprint density at radius 3 is 3.04 bits per heavy atom. The van der Waals surface area contributed by atoms with Gasteiger partial charge in [-0.05, 0) is 24.8 Å². The summed E-state index contributed by atoms with van der Waals surface area (Å²) in [6.45, 7) is 4.95. The Morgan fingerprint density at radius 2 is 2.22 bits per heavy atom. The van der Waals surface area contributed by atoms with E-state index in [1.807, 2.05) is 24.3 Å². The van der Waals surface area contributed by atoms with Crippen LogP contribution in [0.4, 0.5) is 11.8 Å². The molecule has 2 heterocycles. The van der Waals surface area contributed by atoms with Crippen LogP contribution < -0.4 is 15.0 Å². The first kappa shape index (κ1) is 15.5. The van der Waals surface area contributed by atoms with Gasteiger partial charge in [-0.1, -0.05) is 25.1 Å². The van der Waals surface area contributed by atoms with E-state index >= 15 is 0 Å². The molecule has 1 aromatic heterocycles. The molecule has 1 fully saturated rings. The number of anilines is 2. The highest BCUT2D eigenvalue weighted by molar-refractivity contribution is 5.42. The first-order valence-electron chi connectivity index (χ1n) is 8.06. The number of rotatable bonds is 5. The molecule has 0 amide bonds. The number of nitrogens with one attached hydrogen (secondary N) is 1. The van der Waals surface area contributed by atoms with Crippen molar-refractivity contribution in [1.82, 2.24) is 15.2 Å². The standard InChI is InChI=1S/C17H23N5O/c1-13-6-5-9-22(12-13)16-11-19-21-17(20-16)18-10-14-7-3-4-8-15(14)23-2/h3-4,7-8,11,13H,5-6,9-10,12H2,1-2H3,(H,18,20,21). The lowest BCUT2D eigenvalue weighted by atomic mass is 10.0. The number of para-hydroxylation sites is 1. The van der Waals surface area contributed by atoms with Gasteiger partial charge in [0.15, 0.2) is 5.82 Å². The number of nitrogens with zero attached hydrogens (tertiary/aromatic N) is 4. The Morgan fingerprint density at radius 1 is 1.35 bits per heavy atom. The molecule has 1 N–H and O–H groups in total. The SMILES string of the molecule is COc1ccccc1CNc1nncc(N2CCCC(C)C2)n1. The lowest BCUT2D eigenvalue weighted by Gasteiger charge is -2.31. The Kier molecular flexibility index (Phi) is 4.90. The fourth-order valence-electron chi connectivity index (χ4n) is 2.94. The van der Waals surface area contributed by atoms with Crippen molar-refractivity contribution in [3.05, 3.63) is 36.0 Å². The molecule has 2 aromatic rings. The normalized spacial score (nSPS) is 17.8. The van der Waals surface area contributed by atoms with Crippen LogP contribution in [-0.4, -0.2) is 35.4 Å². The molecule has 1 unspecified atom stereocenters. The number of aromatic nitrogens is 3. The second kappa shape index (κ2) is 7.26. The van der Waals surface area contributed by atoms with Crippen molar-refractivity contribution in [3.63, 3.8) is 0 Å². The zero-order valence-corrected chi connectivity index (χ0v) is 13.7. The Balaban J connectivity index is 1.68. The second-order valence-corrected chi connectivity index (χ2v) is 6.00. The summed E-state index contributed by atoms with van der Waals surface area (Å²) in [7, 11) is 1.68. The molecule has 0 aliphatic carbocycles. The van der Waals surface area contributed by atoms with E-state index < -0.39 is 0 Å².